The second-order valence-corrected chi connectivity index (χ2v) is 10.3. The number of imidazole rings is 1. The number of fused-ring (bicyclic) bond motifs is 2. The number of hydrogen-bond donors (Lipinski definition) is 2. The first kappa shape index (κ1) is 22.5. The number of carbonyl (C=O) groups is 1. The number of aromatic amines is 2. The van der Waals surface area contributed by atoms with Gasteiger partial charge in [0.25, 0.3) is 5.91 Å². The molecule has 184 valence electrons. The first-order valence-corrected chi connectivity index (χ1v) is 12.7. The van der Waals surface area contributed by atoms with Gasteiger partial charge in [-0.15, -0.1) is 0 Å². The van der Waals surface area contributed by atoms with E-state index < -0.39 is 0 Å². The van der Waals surface area contributed by atoms with Gasteiger partial charge in [-0.2, -0.15) is 5.10 Å². The molecule has 1 aliphatic heterocycles. The molecule has 0 radical (unpaired) electrons. The molecule has 5 heterocycles. The van der Waals surface area contributed by atoms with Gasteiger partial charge in [0.05, 0.1) is 11.9 Å². The van der Waals surface area contributed by atoms with E-state index in [-0.39, 0.29) is 5.91 Å². The number of carbonyl (C=O) groups excluding carboxylic acids is 1. The highest BCUT2D eigenvalue weighted by Crippen LogP contribution is 2.38. The Morgan fingerprint density at radius 3 is 2.61 bits per heavy atom. The monoisotopic (exact) mass is 481 g/mol. The minimum absolute atomic E-state index is 0.0431. The number of piperidine rings is 1. The van der Waals surface area contributed by atoms with E-state index in [1.165, 1.54) is 16.5 Å². The van der Waals surface area contributed by atoms with Gasteiger partial charge < -0.3 is 14.9 Å². The maximum Gasteiger partial charge on any atom is 0.271 e. The van der Waals surface area contributed by atoms with Crippen LogP contribution in [0, 0.1) is 13.8 Å². The number of aromatic nitrogens is 6. The van der Waals surface area contributed by atoms with Crippen LogP contribution in [0.15, 0.2) is 43.0 Å². The summed E-state index contributed by atoms with van der Waals surface area (Å²) in [5, 5.41) is 5.64. The van der Waals surface area contributed by atoms with E-state index in [4.69, 9.17) is 0 Å². The first-order valence-electron chi connectivity index (χ1n) is 12.7. The Morgan fingerprint density at radius 1 is 1.08 bits per heavy atom. The lowest BCUT2D eigenvalue weighted by molar-refractivity contribution is 0.0707. The summed E-state index contributed by atoms with van der Waals surface area (Å²) < 4.78 is 1.85. The Labute approximate surface area is 209 Å². The molecular formula is C28H31N7O. The van der Waals surface area contributed by atoms with Gasteiger partial charge >= 0.3 is 0 Å². The van der Waals surface area contributed by atoms with Crippen LogP contribution in [0.3, 0.4) is 0 Å². The van der Waals surface area contributed by atoms with Crippen molar-refractivity contribution in [1.29, 1.82) is 0 Å². The van der Waals surface area contributed by atoms with Crippen LogP contribution in [-0.4, -0.2) is 53.4 Å². The molecule has 1 aromatic carbocycles. The first-order chi connectivity index (χ1) is 17.4. The average Bonchev–Trinajstić information content (AvgIpc) is 3.61. The Hall–Kier alpha value is -3.94. The minimum atomic E-state index is 0.0431. The summed E-state index contributed by atoms with van der Waals surface area (Å²) in [5.41, 5.74) is 8.65. The molecule has 6 rings (SSSR count). The highest BCUT2D eigenvalue weighted by molar-refractivity contribution is 5.93. The van der Waals surface area contributed by atoms with Crippen LogP contribution in [0.25, 0.3) is 27.8 Å². The van der Waals surface area contributed by atoms with Crippen LogP contribution < -0.4 is 0 Å². The lowest BCUT2D eigenvalue weighted by Crippen LogP contribution is -2.38. The number of amides is 1. The third-order valence-electron chi connectivity index (χ3n) is 7.47. The van der Waals surface area contributed by atoms with Crippen molar-refractivity contribution < 1.29 is 4.79 Å². The highest BCUT2D eigenvalue weighted by Gasteiger charge is 2.26. The third-order valence-corrected chi connectivity index (χ3v) is 7.47. The average molecular weight is 482 g/mol. The van der Waals surface area contributed by atoms with Gasteiger partial charge in [0, 0.05) is 35.8 Å². The van der Waals surface area contributed by atoms with Gasteiger partial charge in [-0.3, -0.25) is 4.79 Å². The fourth-order valence-corrected chi connectivity index (χ4v) is 5.66. The molecule has 8 nitrogen and oxygen atoms in total. The quantitative estimate of drug-likeness (QED) is 0.361. The van der Waals surface area contributed by atoms with Crippen LogP contribution >= 0.6 is 0 Å². The molecule has 4 aromatic heterocycles. The number of benzene rings is 1. The normalized spacial score (nSPS) is 15.0. The number of likely N-dealkylation sites (tertiary alicyclic amines) is 1. The summed E-state index contributed by atoms with van der Waals surface area (Å²) in [4.78, 5) is 30.1. The second kappa shape index (κ2) is 8.62. The van der Waals surface area contributed by atoms with Crippen LogP contribution in [0.5, 0.6) is 0 Å². The van der Waals surface area contributed by atoms with Crippen molar-refractivity contribution in [3.8, 4) is 11.3 Å². The second-order valence-electron chi connectivity index (χ2n) is 10.3. The number of rotatable bonds is 4. The SMILES string of the molecule is Cc1ncc(C(=O)N2CCC(c3ccc4[nH]c(-c5cc(C)c6ncnn6c5)c(C(C)C)c4c3)CC2)[nH]1. The summed E-state index contributed by atoms with van der Waals surface area (Å²) in [6.45, 7) is 9.96. The van der Waals surface area contributed by atoms with E-state index in [1.54, 1.807) is 12.5 Å². The van der Waals surface area contributed by atoms with Crippen LogP contribution in [-0.2, 0) is 0 Å². The van der Waals surface area contributed by atoms with E-state index >= 15 is 0 Å². The minimum Gasteiger partial charge on any atom is -0.354 e. The van der Waals surface area contributed by atoms with Gasteiger partial charge in [0.2, 0.25) is 0 Å². The van der Waals surface area contributed by atoms with Crippen molar-refractivity contribution in [1.82, 2.24) is 34.4 Å². The van der Waals surface area contributed by atoms with Gasteiger partial charge in [0.15, 0.2) is 5.65 Å². The highest BCUT2D eigenvalue weighted by atomic mass is 16.2. The Bertz CT molecular complexity index is 1580. The molecule has 2 N–H and O–H groups in total. The Balaban J connectivity index is 1.30. The van der Waals surface area contributed by atoms with Crippen LogP contribution in [0.4, 0.5) is 0 Å². The summed E-state index contributed by atoms with van der Waals surface area (Å²) in [7, 11) is 0. The van der Waals surface area contributed by atoms with Gasteiger partial charge in [-0.05, 0) is 73.4 Å². The predicted octanol–water partition coefficient (Wildman–Crippen LogP) is 5.36. The summed E-state index contributed by atoms with van der Waals surface area (Å²) in [6.07, 6.45) is 7.21. The molecule has 0 aliphatic carbocycles. The van der Waals surface area contributed by atoms with Crippen molar-refractivity contribution in [2.75, 3.05) is 13.1 Å². The number of nitrogens with one attached hydrogen (secondary N) is 2. The number of H-pyrrole nitrogens is 2. The molecule has 8 heteroatoms. The molecule has 1 fully saturated rings. The van der Waals surface area contributed by atoms with E-state index in [2.05, 4.69) is 76.3 Å². The molecule has 0 atom stereocenters. The van der Waals surface area contributed by atoms with Crippen molar-refractivity contribution in [3.05, 3.63) is 71.2 Å². The third kappa shape index (κ3) is 3.77. The molecule has 5 aromatic rings. The van der Waals surface area contributed by atoms with E-state index in [9.17, 15) is 4.79 Å². The van der Waals surface area contributed by atoms with E-state index in [0.717, 1.165) is 59.7 Å². The fourth-order valence-electron chi connectivity index (χ4n) is 5.66. The maximum atomic E-state index is 12.8. The number of hydrogen-bond acceptors (Lipinski definition) is 4. The van der Waals surface area contributed by atoms with E-state index in [0.29, 0.717) is 17.5 Å². The summed E-state index contributed by atoms with van der Waals surface area (Å²) >= 11 is 0. The topological polar surface area (TPSA) is 95.0 Å². The summed E-state index contributed by atoms with van der Waals surface area (Å²) in [6, 6.07) is 9.02. The number of aryl methyl sites for hydroxylation is 2. The van der Waals surface area contributed by atoms with Gasteiger partial charge in [0.1, 0.15) is 17.8 Å². The number of nitrogens with zero attached hydrogens (tertiary/aromatic N) is 5. The van der Waals surface area contributed by atoms with Crippen LogP contribution in [0.1, 0.15) is 71.5 Å². The number of pyridine rings is 1. The van der Waals surface area contributed by atoms with Crippen LogP contribution in [0.2, 0.25) is 0 Å². The summed E-state index contributed by atoms with van der Waals surface area (Å²) in [5.74, 6) is 1.60. The smallest absolute Gasteiger partial charge is 0.271 e. The van der Waals surface area contributed by atoms with Crippen molar-refractivity contribution in [3.63, 3.8) is 0 Å². The molecule has 1 saturated heterocycles. The van der Waals surface area contributed by atoms with Crippen molar-refractivity contribution in [2.24, 2.45) is 0 Å². The molecule has 1 amide bonds. The fraction of sp³-hybridized carbons (Fsp3) is 0.357. The molecular weight excluding hydrogens is 450 g/mol. The standard InChI is InChI=1S/C28H31N7O/c1-16(2)25-22-12-20(19-7-9-34(10-8-19)28(36)24-13-29-18(4)32-24)5-6-23(22)33-26(25)21-11-17(3)27-30-15-31-35(27)14-21/h5-6,11-16,19,33H,7-10H2,1-4H3,(H,29,32). The molecule has 36 heavy (non-hydrogen) atoms. The van der Waals surface area contributed by atoms with Crippen molar-refractivity contribution >= 4 is 22.5 Å². The zero-order chi connectivity index (χ0) is 25.0. The zero-order valence-corrected chi connectivity index (χ0v) is 21.2. The molecule has 0 spiro atoms. The van der Waals surface area contributed by atoms with Crippen molar-refractivity contribution in [2.45, 2.75) is 52.4 Å². The molecule has 0 saturated carbocycles. The largest absolute Gasteiger partial charge is 0.354 e. The molecule has 0 unspecified atom stereocenters. The molecule has 1 aliphatic rings. The Kier molecular flexibility index (Phi) is 5.39. The lowest BCUT2D eigenvalue weighted by atomic mass is 9.87. The maximum absolute atomic E-state index is 12.8. The van der Waals surface area contributed by atoms with Gasteiger partial charge in [-0.1, -0.05) is 19.9 Å². The Morgan fingerprint density at radius 2 is 1.89 bits per heavy atom. The lowest BCUT2D eigenvalue weighted by Gasteiger charge is -2.32. The van der Waals surface area contributed by atoms with E-state index in [1.807, 2.05) is 16.3 Å². The molecule has 0 bridgehead atoms. The van der Waals surface area contributed by atoms with Gasteiger partial charge in [-0.25, -0.2) is 14.5 Å². The zero-order valence-electron chi connectivity index (χ0n) is 21.2. The predicted molar refractivity (Wildman–Crippen MR) is 140 cm³/mol.